The van der Waals surface area contributed by atoms with Gasteiger partial charge >= 0.3 is 6.08 Å². The van der Waals surface area contributed by atoms with E-state index in [9.17, 15) is 8.78 Å². The molecule has 0 aromatic carbocycles. The zero-order chi connectivity index (χ0) is 8.97. The maximum Gasteiger partial charge on any atom is 0.313 e. The summed E-state index contributed by atoms with van der Waals surface area (Å²) in [7, 11) is 0. The van der Waals surface area contributed by atoms with Gasteiger partial charge in [-0.3, -0.25) is 0 Å². The van der Waals surface area contributed by atoms with Gasteiger partial charge in [0.1, 0.15) is 5.82 Å². The second-order valence-electron chi connectivity index (χ2n) is 2.01. The summed E-state index contributed by atoms with van der Waals surface area (Å²) >= 11 is 0. The van der Waals surface area contributed by atoms with Gasteiger partial charge in [-0.05, 0) is 0 Å². The first-order chi connectivity index (χ1) is 5.72. The summed E-state index contributed by atoms with van der Waals surface area (Å²) in [6.07, 6.45) is 0.472. The van der Waals surface area contributed by atoms with E-state index in [1.165, 1.54) is 0 Å². The van der Waals surface area contributed by atoms with E-state index >= 15 is 0 Å². The molecular formula is C7H7F2N3. The fourth-order valence-corrected chi connectivity index (χ4v) is 0.657. The van der Waals surface area contributed by atoms with Crippen LogP contribution < -0.4 is 5.32 Å². The summed E-state index contributed by atoms with van der Waals surface area (Å²) in [5, 5.41) is 2.63. The second-order valence-corrected chi connectivity index (χ2v) is 2.01. The van der Waals surface area contributed by atoms with Gasteiger partial charge in [-0.2, -0.15) is 18.7 Å². The average Bonchev–Trinajstić information content (AvgIpc) is 1.99. The molecule has 0 aliphatic carbocycles. The summed E-state index contributed by atoms with van der Waals surface area (Å²) in [6, 6.07) is 1.01. The summed E-state index contributed by atoms with van der Waals surface area (Å²) in [6.45, 7) is 3.83. The molecule has 0 atom stereocenters. The van der Waals surface area contributed by atoms with Gasteiger partial charge in [-0.25, -0.2) is 0 Å². The van der Waals surface area contributed by atoms with Gasteiger partial charge in [-0.15, -0.1) is 6.58 Å². The van der Waals surface area contributed by atoms with Crippen LogP contribution in [0.15, 0.2) is 18.7 Å². The molecule has 1 heterocycles. The monoisotopic (exact) mass is 171 g/mol. The molecule has 5 heteroatoms. The Hall–Kier alpha value is -1.52. The standard InChI is InChI=1S/C7H7F2N3/c1-2-3-10-6-4-5(8)11-7(9)12-6/h2,4H,1,3H2,(H,10,11,12). The molecule has 12 heavy (non-hydrogen) atoms. The predicted octanol–water partition coefficient (Wildman–Crippen LogP) is 1.35. The highest BCUT2D eigenvalue weighted by molar-refractivity contribution is 5.32. The number of halogens is 2. The third-order valence-electron chi connectivity index (χ3n) is 1.10. The van der Waals surface area contributed by atoms with Crippen LogP contribution in [0.3, 0.4) is 0 Å². The fourth-order valence-electron chi connectivity index (χ4n) is 0.657. The molecule has 0 aliphatic heterocycles. The lowest BCUT2D eigenvalue weighted by Crippen LogP contribution is -2.03. The predicted molar refractivity (Wildman–Crippen MR) is 40.6 cm³/mol. The molecule has 0 unspecified atom stereocenters. The highest BCUT2D eigenvalue weighted by Crippen LogP contribution is 2.03. The van der Waals surface area contributed by atoms with E-state index in [4.69, 9.17) is 0 Å². The van der Waals surface area contributed by atoms with Gasteiger partial charge in [0.25, 0.3) is 0 Å². The van der Waals surface area contributed by atoms with E-state index < -0.39 is 12.0 Å². The molecule has 0 bridgehead atoms. The molecule has 1 N–H and O–H groups in total. The minimum absolute atomic E-state index is 0.111. The highest BCUT2D eigenvalue weighted by Gasteiger charge is 2.01. The quantitative estimate of drug-likeness (QED) is 0.424. The Kier molecular flexibility index (Phi) is 2.68. The van der Waals surface area contributed by atoms with Crippen molar-refractivity contribution >= 4 is 5.82 Å². The third kappa shape index (κ3) is 2.26. The first-order valence-electron chi connectivity index (χ1n) is 3.27. The minimum Gasteiger partial charge on any atom is -0.366 e. The molecule has 64 valence electrons. The van der Waals surface area contributed by atoms with Gasteiger partial charge in [-0.1, -0.05) is 6.08 Å². The number of aromatic nitrogens is 2. The van der Waals surface area contributed by atoms with E-state index in [0.717, 1.165) is 6.07 Å². The lowest BCUT2D eigenvalue weighted by Gasteiger charge is -2.00. The van der Waals surface area contributed by atoms with Crippen molar-refractivity contribution in [3.8, 4) is 0 Å². The molecule has 0 saturated heterocycles. The molecule has 0 spiro atoms. The first-order valence-corrected chi connectivity index (χ1v) is 3.27. The largest absolute Gasteiger partial charge is 0.366 e. The molecule has 1 rings (SSSR count). The maximum absolute atomic E-state index is 12.4. The Morgan fingerprint density at radius 2 is 2.25 bits per heavy atom. The maximum atomic E-state index is 12.4. The van der Waals surface area contributed by atoms with E-state index in [-0.39, 0.29) is 5.82 Å². The van der Waals surface area contributed by atoms with Crippen LogP contribution >= 0.6 is 0 Å². The lowest BCUT2D eigenvalue weighted by atomic mass is 10.5. The normalized spacial score (nSPS) is 9.50. The van der Waals surface area contributed by atoms with Crippen molar-refractivity contribution in [3.05, 3.63) is 30.7 Å². The van der Waals surface area contributed by atoms with Crippen molar-refractivity contribution in [1.29, 1.82) is 0 Å². The van der Waals surface area contributed by atoms with Crippen LogP contribution in [0, 0.1) is 12.0 Å². The molecule has 1 aromatic rings. The molecule has 3 nitrogen and oxygen atoms in total. The summed E-state index contributed by atoms with van der Waals surface area (Å²) in [4.78, 5) is 6.13. The lowest BCUT2D eigenvalue weighted by molar-refractivity contribution is 0.484. The Morgan fingerprint density at radius 1 is 1.50 bits per heavy atom. The van der Waals surface area contributed by atoms with Crippen molar-refractivity contribution in [2.45, 2.75) is 0 Å². The molecule has 0 saturated carbocycles. The number of nitrogens with one attached hydrogen (secondary N) is 1. The van der Waals surface area contributed by atoms with Crippen LogP contribution in [0.2, 0.25) is 0 Å². The van der Waals surface area contributed by atoms with Crippen molar-refractivity contribution in [2.24, 2.45) is 0 Å². The van der Waals surface area contributed by atoms with Crippen molar-refractivity contribution in [1.82, 2.24) is 9.97 Å². The van der Waals surface area contributed by atoms with E-state index in [1.54, 1.807) is 6.08 Å². The highest BCUT2D eigenvalue weighted by atomic mass is 19.1. The van der Waals surface area contributed by atoms with E-state index in [2.05, 4.69) is 21.9 Å². The van der Waals surface area contributed by atoms with Crippen LogP contribution in [0.1, 0.15) is 0 Å². The number of rotatable bonds is 3. The van der Waals surface area contributed by atoms with Crippen LogP contribution in [0.4, 0.5) is 14.6 Å². The molecule has 0 aliphatic rings. The van der Waals surface area contributed by atoms with Crippen LogP contribution in [-0.4, -0.2) is 16.5 Å². The Morgan fingerprint density at radius 3 is 2.83 bits per heavy atom. The van der Waals surface area contributed by atoms with Gasteiger partial charge in [0, 0.05) is 12.6 Å². The molecule has 1 aromatic heterocycles. The Labute approximate surface area is 68.2 Å². The topological polar surface area (TPSA) is 37.8 Å². The van der Waals surface area contributed by atoms with Crippen molar-refractivity contribution in [3.63, 3.8) is 0 Å². The van der Waals surface area contributed by atoms with Gasteiger partial charge in [0.15, 0.2) is 0 Å². The van der Waals surface area contributed by atoms with Gasteiger partial charge in [0.05, 0.1) is 0 Å². The molecule has 0 fully saturated rings. The second kappa shape index (κ2) is 3.75. The number of hydrogen-bond acceptors (Lipinski definition) is 3. The summed E-state index contributed by atoms with van der Waals surface area (Å²) in [5.74, 6) is -0.783. The van der Waals surface area contributed by atoms with Crippen LogP contribution in [0.5, 0.6) is 0 Å². The van der Waals surface area contributed by atoms with E-state index in [1.807, 2.05) is 0 Å². The van der Waals surface area contributed by atoms with Crippen LogP contribution in [-0.2, 0) is 0 Å². The Balaban J connectivity index is 2.78. The fraction of sp³-hybridized carbons (Fsp3) is 0.143. The third-order valence-corrected chi connectivity index (χ3v) is 1.10. The zero-order valence-electron chi connectivity index (χ0n) is 6.22. The molecule has 0 radical (unpaired) electrons. The van der Waals surface area contributed by atoms with Gasteiger partial charge in [0.2, 0.25) is 5.95 Å². The Bertz CT molecular complexity index is 268. The zero-order valence-corrected chi connectivity index (χ0v) is 6.22. The summed E-state index contributed by atoms with van der Waals surface area (Å²) < 4.78 is 24.7. The smallest absolute Gasteiger partial charge is 0.313 e. The van der Waals surface area contributed by atoms with Crippen molar-refractivity contribution in [2.75, 3.05) is 11.9 Å². The van der Waals surface area contributed by atoms with E-state index in [0.29, 0.717) is 6.54 Å². The SMILES string of the molecule is C=CCNc1cc(F)nc(F)n1. The minimum atomic E-state index is -1.08. The molecular weight excluding hydrogens is 164 g/mol. The number of hydrogen-bond donors (Lipinski definition) is 1. The average molecular weight is 171 g/mol. The van der Waals surface area contributed by atoms with Crippen LogP contribution in [0.25, 0.3) is 0 Å². The number of anilines is 1. The number of nitrogens with zero attached hydrogens (tertiary/aromatic N) is 2. The molecule has 0 amide bonds. The van der Waals surface area contributed by atoms with Crippen molar-refractivity contribution < 1.29 is 8.78 Å². The first kappa shape index (κ1) is 8.58. The summed E-state index contributed by atoms with van der Waals surface area (Å²) in [5.41, 5.74) is 0. The van der Waals surface area contributed by atoms with Gasteiger partial charge < -0.3 is 5.32 Å².